The van der Waals surface area contributed by atoms with Crippen molar-refractivity contribution in [2.45, 2.75) is 44.4 Å². The summed E-state index contributed by atoms with van der Waals surface area (Å²) in [5.74, 6) is -1.89. The first-order valence-corrected chi connectivity index (χ1v) is 15.0. The van der Waals surface area contributed by atoms with Gasteiger partial charge in [-0.3, -0.25) is 0 Å². The van der Waals surface area contributed by atoms with Gasteiger partial charge in [0.25, 0.3) is 5.70 Å². The predicted octanol–water partition coefficient (Wildman–Crippen LogP) is 5.16. The Morgan fingerprint density at radius 2 is 1.33 bits per heavy atom. The zero-order valence-electron chi connectivity index (χ0n) is 25.7. The number of benzene rings is 1. The van der Waals surface area contributed by atoms with E-state index in [0.29, 0.717) is 31.1 Å². The smallest absolute Gasteiger partial charge is 0.344 e. The zero-order chi connectivity index (χ0) is 33.8. The zero-order valence-corrected chi connectivity index (χ0v) is 27.3. The van der Waals surface area contributed by atoms with E-state index in [1.54, 1.807) is 40.7 Å². The monoisotopic (exact) mass is 658 g/mol. The van der Waals surface area contributed by atoms with Gasteiger partial charge in [0.05, 0.1) is 53.1 Å². The highest BCUT2D eigenvalue weighted by Gasteiger charge is 2.31. The van der Waals surface area contributed by atoms with Crippen molar-refractivity contribution < 1.29 is 47.6 Å². The van der Waals surface area contributed by atoms with Crippen molar-refractivity contribution in [3.05, 3.63) is 58.3 Å². The van der Waals surface area contributed by atoms with Gasteiger partial charge in [0.1, 0.15) is 11.5 Å². The maximum atomic E-state index is 12.5. The largest absolute Gasteiger partial charge is 0.481 e. The molecule has 0 bridgehead atoms. The Morgan fingerprint density at radius 1 is 0.867 bits per heavy atom. The fourth-order valence-electron chi connectivity index (χ4n) is 3.25. The molecule has 1 heterocycles. The van der Waals surface area contributed by atoms with Gasteiger partial charge in [-0.1, -0.05) is 64.4 Å². The van der Waals surface area contributed by atoms with E-state index in [4.69, 9.17) is 35.0 Å². The summed E-state index contributed by atoms with van der Waals surface area (Å²) in [6.45, 7) is 21.8. The highest BCUT2D eigenvalue weighted by molar-refractivity contribution is 8.24. The van der Waals surface area contributed by atoms with Crippen molar-refractivity contribution in [2.75, 3.05) is 39.6 Å². The summed E-state index contributed by atoms with van der Waals surface area (Å²) in [6, 6.07) is 3.48. The molecule has 1 aliphatic rings. The second kappa shape index (κ2) is 16.6. The number of hydrogen-bond donors (Lipinski definition) is 0. The molecular weight excluding hydrogens is 624 g/mol. The molecule has 0 spiro atoms. The summed E-state index contributed by atoms with van der Waals surface area (Å²) >= 11 is 2.22. The van der Waals surface area contributed by atoms with Crippen LogP contribution in [0.4, 0.5) is 0 Å². The third-order valence-electron chi connectivity index (χ3n) is 5.61. The van der Waals surface area contributed by atoms with Crippen molar-refractivity contribution in [1.82, 2.24) is 0 Å². The number of carbonyl (C=O) groups excluding carboxylic acids is 4. The summed E-state index contributed by atoms with van der Waals surface area (Å²) in [5, 5.41) is 9.43. The number of carbonyl (C=O) groups is 4. The molecule has 14 heteroatoms. The van der Waals surface area contributed by atoms with Crippen LogP contribution < -0.4 is 9.47 Å². The van der Waals surface area contributed by atoms with Gasteiger partial charge in [-0.25, -0.2) is 29.3 Å². The summed E-state index contributed by atoms with van der Waals surface area (Å²) in [5.41, 5.74) is -0.880. The van der Waals surface area contributed by atoms with E-state index in [-0.39, 0.29) is 32.1 Å². The van der Waals surface area contributed by atoms with Crippen molar-refractivity contribution in [3.63, 3.8) is 0 Å². The number of nitriles is 1. The first-order chi connectivity index (χ1) is 21.1. The average Bonchev–Trinajstić information content (AvgIpc) is 3.44. The molecule has 0 saturated heterocycles. The number of aryl methyl sites for hydroxylation is 1. The van der Waals surface area contributed by atoms with Crippen LogP contribution in [-0.4, -0.2) is 63.5 Å². The summed E-state index contributed by atoms with van der Waals surface area (Å²) in [7, 11) is 0. The Kier molecular flexibility index (Phi) is 13.6. The topological polar surface area (TPSA) is 152 Å². The van der Waals surface area contributed by atoms with Crippen molar-refractivity contribution in [3.8, 4) is 17.6 Å². The standard InChI is InChI=1S/C31H34N2O10S2/c1-9-22(34)40-15-30(4,5)17-42-24(36)13-38-21-11-19(3)26(28-27(21)44-29(45-28)20(12-32)33-8)39-14-25(37)43-18-31(6,7)16-41-23(35)10-2/h9-11H,1-2,13-18H2,3-7H3/b29-20+. The molecule has 2 rings (SSSR count). The minimum Gasteiger partial charge on any atom is -0.481 e. The lowest BCUT2D eigenvalue weighted by Gasteiger charge is -2.23. The van der Waals surface area contributed by atoms with Crippen LogP contribution in [0.15, 0.2) is 51.1 Å². The van der Waals surface area contributed by atoms with Gasteiger partial charge in [-0.2, -0.15) is 0 Å². The summed E-state index contributed by atoms with van der Waals surface area (Å²) in [6.07, 6.45) is 2.09. The first-order valence-electron chi connectivity index (χ1n) is 13.4. The lowest BCUT2D eigenvalue weighted by Crippen LogP contribution is -2.29. The van der Waals surface area contributed by atoms with Gasteiger partial charge in [0, 0.05) is 23.0 Å². The maximum Gasteiger partial charge on any atom is 0.344 e. The molecule has 0 unspecified atom stereocenters. The average molecular weight is 659 g/mol. The van der Waals surface area contributed by atoms with Crippen molar-refractivity contribution in [1.29, 1.82) is 5.26 Å². The number of ether oxygens (including phenoxy) is 6. The Bertz CT molecular complexity index is 1450. The molecule has 0 saturated carbocycles. The van der Waals surface area contributed by atoms with Crippen molar-refractivity contribution >= 4 is 47.4 Å². The lowest BCUT2D eigenvalue weighted by molar-refractivity contribution is -0.153. The molecule has 1 aromatic carbocycles. The van der Waals surface area contributed by atoms with Crippen LogP contribution in [0.5, 0.6) is 11.5 Å². The third-order valence-corrected chi connectivity index (χ3v) is 8.20. The van der Waals surface area contributed by atoms with Gasteiger partial charge in [-0.15, -0.1) is 0 Å². The Balaban J connectivity index is 2.14. The van der Waals surface area contributed by atoms with Crippen LogP contribution in [0.25, 0.3) is 4.85 Å². The number of thioether (sulfide) groups is 2. The van der Waals surface area contributed by atoms with Gasteiger partial charge in [0.2, 0.25) is 0 Å². The fourth-order valence-corrected chi connectivity index (χ4v) is 5.83. The van der Waals surface area contributed by atoms with Crippen LogP contribution in [0, 0.1) is 35.7 Å². The molecular formula is C31H34N2O10S2. The van der Waals surface area contributed by atoms with Crippen LogP contribution >= 0.6 is 23.5 Å². The second-order valence-corrected chi connectivity index (χ2v) is 13.4. The number of esters is 4. The molecule has 1 aromatic rings. The number of fused-ring (bicyclic) bond motifs is 1. The fraction of sp³-hybridized carbons (Fsp3) is 0.419. The van der Waals surface area contributed by atoms with Crippen molar-refractivity contribution in [2.24, 2.45) is 10.8 Å². The SMILES string of the molecule is [C-]#[N+]/C(C#N)=C1\Sc2c(OCC(=O)OCC(C)(C)COC(=O)C=C)cc(C)c(OCC(=O)OCC(C)(C)COC(=O)C=C)c2S1. The van der Waals surface area contributed by atoms with Crippen LogP contribution in [0.1, 0.15) is 33.3 Å². The molecule has 240 valence electrons. The first kappa shape index (κ1) is 36.8. The lowest BCUT2D eigenvalue weighted by atomic mass is 9.96. The molecule has 45 heavy (non-hydrogen) atoms. The van der Waals surface area contributed by atoms with E-state index in [9.17, 15) is 24.4 Å². The Morgan fingerprint density at radius 3 is 1.80 bits per heavy atom. The third kappa shape index (κ3) is 11.6. The Hall–Kier alpha value is -4.40. The van der Waals surface area contributed by atoms with Gasteiger partial charge >= 0.3 is 23.9 Å². The number of rotatable bonds is 16. The minimum atomic E-state index is -0.667. The molecule has 0 aliphatic carbocycles. The van der Waals surface area contributed by atoms with E-state index < -0.39 is 47.9 Å². The number of hydrogen-bond acceptors (Lipinski definition) is 13. The van der Waals surface area contributed by atoms with E-state index in [1.807, 2.05) is 6.07 Å². The van der Waals surface area contributed by atoms with E-state index in [1.165, 1.54) is 0 Å². The van der Waals surface area contributed by atoms with Gasteiger partial charge in [0.15, 0.2) is 13.2 Å². The van der Waals surface area contributed by atoms with E-state index in [0.717, 1.165) is 35.7 Å². The molecule has 0 fully saturated rings. The molecule has 12 nitrogen and oxygen atoms in total. The molecule has 0 radical (unpaired) electrons. The van der Waals surface area contributed by atoms with Gasteiger partial charge < -0.3 is 28.4 Å². The van der Waals surface area contributed by atoms with E-state index in [2.05, 4.69) is 18.0 Å². The number of allylic oxidation sites excluding steroid dienone is 1. The molecule has 0 aromatic heterocycles. The predicted molar refractivity (Wildman–Crippen MR) is 165 cm³/mol. The highest BCUT2D eigenvalue weighted by atomic mass is 32.2. The quantitative estimate of drug-likeness (QED) is 0.0757. The van der Waals surface area contributed by atoms with Crippen LogP contribution in [0.3, 0.4) is 0 Å². The molecule has 1 aliphatic heterocycles. The van der Waals surface area contributed by atoms with Crippen LogP contribution in [0.2, 0.25) is 0 Å². The Labute approximate surface area is 270 Å². The summed E-state index contributed by atoms with van der Waals surface area (Å²) < 4.78 is 32.7. The van der Waals surface area contributed by atoms with Crippen LogP contribution in [-0.2, 0) is 38.1 Å². The highest BCUT2D eigenvalue weighted by Crippen LogP contribution is 2.59. The maximum absolute atomic E-state index is 12.5. The van der Waals surface area contributed by atoms with E-state index >= 15 is 0 Å². The second-order valence-electron chi connectivity index (χ2n) is 11.1. The van der Waals surface area contributed by atoms with Gasteiger partial charge in [-0.05, 0) is 18.6 Å². The minimum absolute atomic E-state index is 0.0157. The number of nitrogens with zero attached hydrogens (tertiary/aromatic N) is 2. The normalized spacial score (nSPS) is 13.2. The summed E-state index contributed by atoms with van der Waals surface area (Å²) in [4.78, 5) is 52.0. The molecule has 0 atom stereocenters. The molecule has 0 N–H and O–H groups in total. The molecule has 0 amide bonds.